The van der Waals surface area contributed by atoms with Gasteiger partial charge in [-0.15, -0.1) is 0 Å². The summed E-state index contributed by atoms with van der Waals surface area (Å²) in [4.78, 5) is 16.1. The van der Waals surface area contributed by atoms with Crippen molar-refractivity contribution in [3.63, 3.8) is 0 Å². The number of halogens is 3. The van der Waals surface area contributed by atoms with E-state index in [4.69, 9.17) is 0 Å². The standard InChI is InChI=1S/C20H20F3N5O3S/c1-12(2)17-25-18(27-26-17)15-8-3-4-9-16(15)28-32(30,31)14-7-5-6-13(10-14)19(29)24-11-20(21,22)23/h3-10,12,28H,11H2,1-2H3,(H,24,29)(H,25,26,27). The zero-order valence-electron chi connectivity index (χ0n) is 17.1. The first-order valence-corrected chi connectivity index (χ1v) is 10.9. The van der Waals surface area contributed by atoms with Gasteiger partial charge in [-0.25, -0.2) is 13.4 Å². The number of para-hydroxylation sites is 1. The van der Waals surface area contributed by atoms with Gasteiger partial charge in [0, 0.05) is 17.0 Å². The smallest absolute Gasteiger partial charge is 0.343 e. The van der Waals surface area contributed by atoms with Gasteiger partial charge in [-0.2, -0.15) is 18.3 Å². The number of aromatic amines is 1. The van der Waals surface area contributed by atoms with Crippen LogP contribution in [0.15, 0.2) is 53.4 Å². The molecule has 1 aromatic heterocycles. The lowest BCUT2D eigenvalue weighted by molar-refractivity contribution is -0.123. The van der Waals surface area contributed by atoms with Crippen LogP contribution in [0.2, 0.25) is 0 Å². The minimum absolute atomic E-state index is 0.0892. The van der Waals surface area contributed by atoms with Crippen LogP contribution in [-0.2, 0) is 10.0 Å². The SMILES string of the molecule is CC(C)c1nc(-c2ccccc2NS(=O)(=O)c2cccc(C(=O)NCC(F)(F)F)c2)n[nH]1. The average molecular weight is 467 g/mol. The lowest BCUT2D eigenvalue weighted by Gasteiger charge is -2.12. The second-order valence-electron chi connectivity index (χ2n) is 7.18. The molecule has 0 saturated carbocycles. The molecule has 0 aliphatic rings. The van der Waals surface area contributed by atoms with E-state index in [0.717, 1.165) is 6.07 Å². The Morgan fingerprint density at radius 2 is 1.84 bits per heavy atom. The second-order valence-corrected chi connectivity index (χ2v) is 8.86. The Balaban J connectivity index is 1.87. The zero-order valence-corrected chi connectivity index (χ0v) is 17.9. The highest BCUT2D eigenvalue weighted by atomic mass is 32.2. The minimum atomic E-state index is -4.58. The van der Waals surface area contributed by atoms with E-state index in [9.17, 15) is 26.4 Å². The maximum Gasteiger partial charge on any atom is 0.405 e. The van der Waals surface area contributed by atoms with Gasteiger partial charge < -0.3 is 5.32 Å². The molecule has 32 heavy (non-hydrogen) atoms. The molecule has 3 N–H and O–H groups in total. The molecule has 0 atom stereocenters. The first-order valence-electron chi connectivity index (χ1n) is 9.46. The summed E-state index contributed by atoms with van der Waals surface area (Å²) < 4.78 is 65.3. The minimum Gasteiger partial charge on any atom is -0.343 e. The zero-order chi connectivity index (χ0) is 23.5. The Morgan fingerprint density at radius 1 is 1.12 bits per heavy atom. The van der Waals surface area contributed by atoms with E-state index in [-0.39, 0.29) is 22.1 Å². The molecule has 0 bridgehead atoms. The predicted octanol–water partition coefficient (Wildman–Crippen LogP) is 3.69. The van der Waals surface area contributed by atoms with Crippen LogP contribution >= 0.6 is 0 Å². The van der Waals surface area contributed by atoms with Crippen LogP contribution in [-0.4, -0.2) is 42.2 Å². The number of H-pyrrole nitrogens is 1. The highest BCUT2D eigenvalue weighted by molar-refractivity contribution is 7.92. The fourth-order valence-electron chi connectivity index (χ4n) is 2.71. The first kappa shape index (κ1) is 23.3. The number of alkyl halides is 3. The van der Waals surface area contributed by atoms with Gasteiger partial charge >= 0.3 is 6.18 Å². The molecule has 0 spiro atoms. The number of carbonyl (C=O) groups is 1. The number of anilines is 1. The number of rotatable bonds is 7. The van der Waals surface area contributed by atoms with Crippen LogP contribution in [0.25, 0.3) is 11.4 Å². The monoisotopic (exact) mass is 467 g/mol. The van der Waals surface area contributed by atoms with Gasteiger partial charge in [0.15, 0.2) is 5.82 Å². The maximum atomic E-state index is 12.9. The van der Waals surface area contributed by atoms with Crippen LogP contribution < -0.4 is 10.0 Å². The Kier molecular flexibility index (Phi) is 6.53. The maximum absolute atomic E-state index is 12.9. The van der Waals surface area contributed by atoms with Crippen molar-refractivity contribution in [1.82, 2.24) is 20.5 Å². The molecule has 1 amide bonds. The van der Waals surface area contributed by atoms with Gasteiger partial charge in [-0.05, 0) is 30.3 Å². The normalized spacial score (nSPS) is 12.1. The second kappa shape index (κ2) is 8.99. The van der Waals surface area contributed by atoms with E-state index in [1.165, 1.54) is 24.3 Å². The third-order valence-electron chi connectivity index (χ3n) is 4.32. The van der Waals surface area contributed by atoms with Crippen LogP contribution in [0.1, 0.15) is 35.9 Å². The molecule has 0 fully saturated rings. The van der Waals surface area contributed by atoms with Crippen molar-refractivity contribution in [1.29, 1.82) is 0 Å². The fraction of sp³-hybridized carbons (Fsp3) is 0.250. The summed E-state index contributed by atoms with van der Waals surface area (Å²) in [6, 6.07) is 11.2. The number of aromatic nitrogens is 3. The molecular formula is C20H20F3N5O3S. The van der Waals surface area contributed by atoms with Crippen molar-refractivity contribution < 1.29 is 26.4 Å². The molecule has 3 rings (SSSR count). The molecule has 0 aliphatic carbocycles. The summed E-state index contributed by atoms with van der Waals surface area (Å²) in [6.45, 7) is 2.33. The van der Waals surface area contributed by atoms with E-state index >= 15 is 0 Å². The third kappa shape index (κ3) is 5.63. The third-order valence-corrected chi connectivity index (χ3v) is 5.68. The largest absolute Gasteiger partial charge is 0.405 e. The summed E-state index contributed by atoms with van der Waals surface area (Å²) in [6.07, 6.45) is -4.58. The number of nitrogens with one attached hydrogen (secondary N) is 3. The van der Waals surface area contributed by atoms with Crippen molar-refractivity contribution in [3.8, 4) is 11.4 Å². The summed E-state index contributed by atoms with van der Waals surface area (Å²) >= 11 is 0. The van der Waals surface area contributed by atoms with E-state index in [1.54, 1.807) is 23.5 Å². The molecule has 0 unspecified atom stereocenters. The Labute approximate surface area is 182 Å². The Bertz CT molecular complexity index is 1220. The molecule has 0 radical (unpaired) electrons. The molecule has 12 heteroatoms. The van der Waals surface area contributed by atoms with Gasteiger partial charge in [0.05, 0.1) is 10.6 Å². The number of amides is 1. The molecule has 170 valence electrons. The number of nitrogens with zero attached hydrogens (tertiary/aromatic N) is 2. The number of carbonyl (C=O) groups excluding carboxylic acids is 1. The average Bonchev–Trinajstić information content (AvgIpc) is 3.22. The fourth-order valence-corrected chi connectivity index (χ4v) is 3.84. The molecule has 1 heterocycles. The Morgan fingerprint density at radius 3 is 2.50 bits per heavy atom. The molecule has 8 nitrogen and oxygen atoms in total. The summed E-state index contributed by atoms with van der Waals surface area (Å²) in [5.41, 5.74) is 0.410. The lowest BCUT2D eigenvalue weighted by Crippen LogP contribution is -2.33. The number of sulfonamides is 1. The van der Waals surface area contributed by atoms with Crippen molar-refractivity contribution in [2.45, 2.75) is 30.8 Å². The van der Waals surface area contributed by atoms with Crippen molar-refractivity contribution >= 4 is 21.6 Å². The summed E-state index contributed by atoms with van der Waals surface area (Å²) in [5.74, 6) is -0.0180. The molecule has 3 aromatic rings. The van der Waals surface area contributed by atoms with Gasteiger partial charge in [0.2, 0.25) is 0 Å². The topological polar surface area (TPSA) is 117 Å². The van der Waals surface area contributed by atoms with E-state index in [2.05, 4.69) is 19.9 Å². The highest BCUT2D eigenvalue weighted by Crippen LogP contribution is 2.28. The Hall–Kier alpha value is -3.41. The van der Waals surface area contributed by atoms with Gasteiger partial charge in [-0.1, -0.05) is 32.0 Å². The van der Waals surface area contributed by atoms with Crippen molar-refractivity contribution in [2.75, 3.05) is 11.3 Å². The number of hydrogen-bond acceptors (Lipinski definition) is 5. The molecule has 2 aromatic carbocycles. The van der Waals surface area contributed by atoms with Gasteiger partial charge in [0.25, 0.3) is 15.9 Å². The molecule has 0 saturated heterocycles. The summed E-state index contributed by atoms with van der Waals surface area (Å²) in [7, 11) is -4.17. The van der Waals surface area contributed by atoms with E-state index < -0.39 is 28.7 Å². The van der Waals surface area contributed by atoms with E-state index in [0.29, 0.717) is 17.2 Å². The van der Waals surface area contributed by atoms with E-state index in [1.807, 2.05) is 13.8 Å². The van der Waals surface area contributed by atoms with Crippen LogP contribution in [0.5, 0.6) is 0 Å². The van der Waals surface area contributed by atoms with Crippen LogP contribution in [0.3, 0.4) is 0 Å². The molecule has 0 aliphatic heterocycles. The van der Waals surface area contributed by atoms with Crippen molar-refractivity contribution in [2.24, 2.45) is 0 Å². The van der Waals surface area contributed by atoms with Gasteiger partial charge in [0.1, 0.15) is 12.4 Å². The quantitative estimate of drug-likeness (QED) is 0.490. The van der Waals surface area contributed by atoms with Crippen LogP contribution in [0, 0.1) is 0 Å². The molecular weight excluding hydrogens is 447 g/mol. The van der Waals surface area contributed by atoms with Crippen molar-refractivity contribution in [3.05, 3.63) is 59.9 Å². The summed E-state index contributed by atoms with van der Waals surface area (Å²) in [5, 5.41) is 8.65. The number of benzene rings is 2. The highest BCUT2D eigenvalue weighted by Gasteiger charge is 2.28. The van der Waals surface area contributed by atoms with Crippen LogP contribution in [0.4, 0.5) is 18.9 Å². The number of hydrogen-bond donors (Lipinski definition) is 3. The lowest BCUT2D eigenvalue weighted by atomic mass is 10.1. The first-order chi connectivity index (χ1) is 15.0. The predicted molar refractivity (Wildman–Crippen MR) is 112 cm³/mol. The van der Waals surface area contributed by atoms with Gasteiger partial charge in [-0.3, -0.25) is 14.6 Å².